The van der Waals surface area contributed by atoms with Crippen LogP contribution >= 0.6 is 11.6 Å². The fourth-order valence-electron chi connectivity index (χ4n) is 5.16. The fourth-order valence-corrected chi connectivity index (χ4v) is 5.48. The first kappa shape index (κ1) is 25.6. The number of rotatable bonds is 1. The molecule has 0 saturated carbocycles. The van der Waals surface area contributed by atoms with Crippen LogP contribution in [0.5, 0.6) is 5.75 Å². The van der Waals surface area contributed by atoms with Crippen molar-refractivity contribution in [3.63, 3.8) is 0 Å². The number of halogens is 1. The molecule has 0 aromatic heterocycles. The van der Waals surface area contributed by atoms with E-state index in [-0.39, 0.29) is 36.2 Å². The van der Waals surface area contributed by atoms with E-state index in [2.05, 4.69) is 31.3 Å². The van der Waals surface area contributed by atoms with Crippen molar-refractivity contribution in [2.75, 3.05) is 19.1 Å². The highest BCUT2D eigenvalue weighted by atomic mass is 35.5. The van der Waals surface area contributed by atoms with E-state index in [1.165, 1.54) is 0 Å². The van der Waals surface area contributed by atoms with Crippen molar-refractivity contribution >= 4 is 29.3 Å². The summed E-state index contributed by atoms with van der Waals surface area (Å²) < 4.78 is 17.2. The van der Waals surface area contributed by atoms with Crippen molar-refractivity contribution < 1.29 is 23.8 Å². The first-order valence-electron chi connectivity index (χ1n) is 12.2. The second-order valence-electron chi connectivity index (χ2n) is 10.2. The SMILES string of the molecule is COc1cc2cc(c1Cl)N(C)C(=O)CC[C@]1(C)O[C@H]1[C@H](C)C1C[C@H](C/C=C/C=C(\C)C2)NC(=O)O1. The van der Waals surface area contributed by atoms with Gasteiger partial charge in [-0.1, -0.05) is 42.3 Å². The summed E-state index contributed by atoms with van der Waals surface area (Å²) in [6.07, 6.45) is 8.53. The Bertz CT molecular complexity index is 1050. The Morgan fingerprint density at radius 2 is 2.06 bits per heavy atom. The second-order valence-corrected chi connectivity index (χ2v) is 10.5. The van der Waals surface area contributed by atoms with Gasteiger partial charge < -0.3 is 24.4 Å². The van der Waals surface area contributed by atoms with Crippen LogP contribution in [0.2, 0.25) is 5.02 Å². The van der Waals surface area contributed by atoms with Crippen LogP contribution in [0, 0.1) is 5.92 Å². The van der Waals surface area contributed by atoms with Gasteiger partial charge in [-0.2, -0.15) is 0 Å². The minimum atomic E-state index is -0.421. The number of nitrogens with zero attached hydrogens (tertiary/aromatic N) is 1. The number of benzene rings is 1. The smallest absolute Gasteiger partial charge is 0.407 e. The molecule has 7 nitrogen and oxygen atoms in total. The molecule has 2 amide bonds. The molecule has 4 bridgehead atoms. The van der Waals surface area contributed by atoms with E-state index in [1.807, 2.05) is 25.1 Å². The Hall–Kier alpha value is -2.51. The highest BCUT2D eigenvalue weighted by molar-refractivity contribution is 6.35. The number of allylic oxidation sites excluding steroid dienone is 3. The van der Waals surface area contributed by atoms with Crippen molar-refractivity contribution in [3.8, 4) is 5.75 Å². The number of ether oxygens (including phenoxy) is 3. The Morgan fingerprint density at radius 1 is 1.29 bits per heavy atom. The maximum Gasteiger partial charge on any atom is 0.407 e. The summed E-state index contributed by atoms with van der Waals surface area (Å²) >= 11 is 6.60. The number of carbonyl (C=O) groups is 2. The first-order chi connectivity index (χ1) is 16.6. The third kappa shape index (κ3) is 5.67. The van der Waals surface area contributed by atoms with Crippen LogP contribution in [0.25, 0.3) is 0 Å². The van der Waals surface area contributed by atoms with Gasteiger partial charge in [-0.3, -0.25) is 4.79 Å². The van der Waals surface area contributed by atoms with Gasteiger partial charge in [0.2, 0.25) is 5.91 Å². The Balaban J connectivity index is 1.63. The minimum absolute atomic E-state index is 0.0130. The second kappa shape index (κ2) is 10.2. The van der Waals surface area contributed by atoms with Crippen molar-refractivity contribution in [2.45, 2.75) is 76.7 Å². The van der Waals surface area contributed by atoms with Crippen LogP contribution in [0.3, 0.4) is 0 Å². The van der Waals surface area contributed by atoms with Crippen LogP contribution in [-0.2, 0) is 20.7 Å². The molecule has 190 valence electrons. The van der Waals surface area contributed by atoms with Gasteiger partial charge in [0.05, 0.1) is 24.5 Å². The number of amides is 2. The number of hydrogen-bond donors (Lipinski definition) is 1. The number of carbonyl (C=O) groups excluding carboxylic acids is 2. The van der Waals surface area contributed by atoms with Crippen LogP contribution in [-0.4, -0.2) is 50.0 Å². The van der Waals surface area contributed by atoms with Gasteiger partial charge in [0.25, 0.3) is 0 Å². The number of anilines is 1. The third-order valence-electron chi connectivity index (χ3n) is 7.39. The molecule has 2 saturated heterocycles. The number of fused-ring (bicyclic) bond motifs is 5. The number of nitrogens with one attached hydrogen (secondary N) is 1. The Kier molecular flexibility index (Phi) is 7.48. The van der Waals surface area contributed by atoms with Crippen LogP contribution < -0.4 is 15.0 Å². The lowest BCUT2D eigenvalue weighted by molar-refractivity contribution is -0.118. The van der Waals surface area contributed by atoms with E-state index in [0.717, 1.165) is 24.0 Å². The highest BCUT2D eigenvalue weighted by Gasteiger charge is 2.57. The van der Waals surface area contributed by atoms with Crippen LogP contribution in [0.15, 0.2) is 35.9 Å². The molecule has 3 aliphatic rings. The molecule has 0 spiro atoms. The Labute approximate surface area is 212 Å². The van der Waals surface area contributed by atoms with E-state index < -0.39 is 5.60 Å². The van der Waals surface area contributed by atoms with E-state index in [0.29, 0.717) is 35.7 Å². The minimum Gasteiger partial charge on any atom is -0.495 e. The topological polar surface area (TPSA) is 80.4 Å². The molecular formula is C27H35ClN2O5. The van der Waals surface area contributed by atoms with Gasteiger partial charge in [0.1, 0.15) is 16.9 Å². The molecule has 3 heterocycles. The summed E-state index contributed by atoms with van der Waals surface area (Å²) in [7, 11) is 3.32. The number of methoxy groups -OCH3 is 1. The van der Waals surface area contributed by atoms with Crippen molar-refractivity contribution in [2.24, 2.45) is 5.92 Å². The summed E-state index contributed by atoms with van der Waals surface area (Å²) in [4.78, 5) is 27.0. The van der Waals surface area contributed by atoms with Crippen LogP contribution in [0.4, 0.5) is 10.5 Å². The average Bonchev–Trinajstić information content (AvgIpc) is 3.50. The summed E-state index contributed by atoms with van der Waals surface area (Å²) in [6, 6.07) is 3.88. The molecule has 1 N–H and O–H groups in total. The van der Waals surface area contributed by atoms with Crippen LogP contribution in [0.1, 0.15) is 52.0 Å². The number of epoxide rings is 1. The largest absolute Gasteiger partial charge is 0.495 e. The average molecular weight is 503 g/mol. The maximum absolute atomic E-state index is 13.2. The molecule has 4 rings (SSSR count). The molecule has 2 fully saturated rings. The molecule has 5 atom stereocenters. The molecule has 0 aliphatic carbocycles. The fraction of sp³-hybridized carbons (Fsp3) is 0.556. The maximum atomic E-state index is 13.2. The third-order valence-corrected chi connectivity index (χ3v) is 7.77. The molecule has 1 aromatic rings. The standard InChI is InChI=1S/C27H35ClN2O5/c1-16-8-6-7-9-19-15-21(34-26(32)29-19)17(2)25-27(3,35-25)11-10-23(31)30(4)20-13-18(12-16)14-22(33-5)24(20)28/h6-8,13-14,17,19,21,25H,9-12,15H2,1-5H3,(H,29,32)/b7-6+,16-8+/t17-,19+,21?,25+,27+/m1/s1. The molecule has 1 aromatic carbocycles. The summed E-state index contributed by atoms with van der Waals surface area (Å²) in [5, 5.41) is 3.35. The van der Waals surface area contributed by atoms with E-state index in [4.69, 9.17) is 25.8 Å². The molecule has 1 unspecified atom stereocenters. The zero-order chi connectivity index (χ0) is 25.3. The molecular weight excluding hydrogens is 468 g/mol. The summed E-state index contributed by atoms with van der Waals surface area (Å²) in [5.74, 6) is 0.531. The van der Waals surface area contributed by atoms with E-state index in [9.17, 15) is 9.59 Å². The van der Waals surface area contributed by atoms with Crippen molar-refractivity contribution in [1.82, 2.24) is 5.32 Å². The molecule has 8 heteroatoms. The van der Waals surface area contributed by atoms with E-state index >= 15 is 0 Å². The lowest BCUT2D eigenvalue weighted by Crippen LogP contribution is -2.48. The molecule has 3 aliphatic heterocycles. The molecule has 0 radical (unpaired) electrons. The predicted octanol–water partition coefficient (Wildman–Crippen LogP) is 5.20. The normalized spacial score (nSPS) is 34.1. The zero-order valence-electron chi connectivity index (χ0n) is 21.1. The lowest BCUT2D eigenvalue weighted by Gasteiger charge is -2.33. The first-order valence-corrected chi connectivity index (χ1v) is 12.6. The quantitative estimate of drug-likeness (QED) is 0.534. The van der Waals surface area contributed by atoms with Gasteiger partial charge >= 0.3 is 6.09 Å². The predicted molar refractivity (Wildman–Crippen MR) is 136 cm³/mol. The van der Waals surface area contributed by atoms with Crippen molar-refractivity contribution in [3.05, 3.63) is 46.5 Å². The highest BCUT2D eigenvalue weighted by Crippen LogP contribution is 2.47. The zero-order valence-corrected chi connectivity index (χ0v) is 21.9. The van der Waals surface area contributed by atoms with Gasteiger partial charge in [-0.25, -0.2) is 4.79 Å². The van der Waals surface area contributed by atoms with Gasteiger partial charge in [0.15, 0.2) is 0 Å². The number of hydrogen-bond acceptors (Lipinski definition) is 5. The number of alkyl carbamates (subject to hydrolysis) is 1. The summed E-state index contributed by atoms with van der Waals surface area (Å²) in [6.45, 7) is 6.15. The monoisotopic (exact) mass is 502 g/mol. The molecule has 35 heavy (non-hydrogen) atoms. The Morgan fingerprint density at radius 3 is 2.80 bits per heavy atom. The van der Waals surface area contributed by atoms with E-state index in [1.54, 1.807) is 19.1 Å². The lowest BCUT2D eigenvalue weighted by atomic mass is 9.86. The van der Waals surface area contributed by atoms with Crippen molar-refractivity contribution in [1.29, 1.82) is 0 Å². The van der Waals surface area contributed by atoms with Gasteiger partial charge in [0, 0.05) is 31.8 Å². The summed E-state index contributed by atoms with van der Waals surface area (Å²) in [5.41, 5.74) is 2.37. The van der Waals surface area contributed by atoms with Gasteiger partial charge in [-0.05, 0) is 50.8 Å². The van der Waals surface area contributed by atoms with Gasteiger partial charge in [-0.15, -0.1) is 0 Å².